The van der Waals surface area contributed by atoms with E-state index in [0.29, 0.717) is 10.6 Å². The number of carboxylic acid groups (broad SMARTS) is 1. The first-order valence-corrected chi connectivity index (χ1v) is 6.74. The van der Waals surface area contributed by atoms with Crippen molar-refractivity contribution in [3.05, 3.63) is 59.1 Å². The molecule has 2 rings (SSSR count). The van der Waals surface area contributed by atoms with Gasteiger partial charge < -0.3 is 9.84 Å². The van der Waals surface area contributed by atoms with Crippen LogP contribution in [0.15, 0.2) is 48.5 Å². The summed E-state index contributed by atoms with van der Waals surface area (Å²) in [6, 6.07) is 13.0. The number of aliphatic carboxylic acids is 1. The van der Waals surface area contributed by atoms with E-state index in [9.17, 15) is 4.79 Å². The van der Waals surface area contributed by atoms with Gasteiger partial charge in [-0.25, -0.2) is 4.79 Å². The lowest BCUT2D eigenvalue weighted by Crippen LogP contribution is -1.91. The lowest BCUT2D eigenvalue weighted by molar-refractivity contribution is -0.131. The van der Waals surface area contributed by atoms with Crippen molar-refractivity contribution in [3.8, 4) is 16.9 Å². The van der Waals surface area contributed by atoms with Crippen LogP contribution in [0.25, 0.3) is 16.7 Å². The number of carboxylic acids is 1. The number of methoxy groups -OCH3 is 1. The molecule has 0 aromatic heterocycles. The van der Waals surface area contributed by atoms with Gasteiger partial charge in [0.2, 0.25) is 0 Å². The minimum atomic E-state index is -0.967. The van der Waals surface area contributed by atoms with Gasteiger partial charge in [-0.15, -0.1) is 0 Å². The molecule has 0 saturated heterocycles. The maximum atomic E-state index is 10.8. The monoisotopic (exact) mass is 302 g/mol. The molecule has 1 N–H and O–H groups in total. The van der Waals surface area contributed by atoms with Crippen molar-refractivity contribution in [1.82, 2.24) is 0 Å². The van der Waals surface area contributed by atoms with Gasteiger partial charge in [-0.05, 0) is 47.9 Å². The normalized spacial score (nSPS) is 11.3. The van der Waals surface area contributed by atoms with Crippen LogP contribution in [-0.4, -0.2) is 18.2 Å². The minimum Gasteiger partial charge on any atom is -0.497 e. The SMILES string of the molecule is COc1cccc(-c2cc(/C(C)=C/C(=O)O)ccc2Cl)c1. The molecule has 2 aromatic rings. The molecule has 21 heavy (non-hydrogen) atoms. The molecule has 108 valence electrons. The van der Waals surface area contributed by atoms with Gasteiger partial charge in [-0.3, -0.25) is 0 Å². The molecular weight excluding hydrogens is 288 g/mol. The van der Waals surface area contributed by atoms with Crippen molar-refractivity contribution in [2.45, 2.75) is 6.92 Å². The molecule has 0 aliphatic rings. The minimum absolute atomic E-state index is 0.607. The number of benzene rings is 2. The van der Waals surface area contributed by atoms with Crippen molar-refractivity contribution in [2.75, 3.05) is 7.11 Å². The molecule has 0 bridgehead atoms. The highest BCUT2D eigenvalue weighted by Gasteiger charge is 2.08. The third-order valence-electron chi connectivity index (χ3n) is 3.14. The van der Waals surface area contributed by atoms with Crippen LogP contribution in [0.1, 0.15) is 12.5 Å². The van der Waals surface area contributed by atoms with E-state index in [1.807, 2.05) is 30.3 Å². The topological polar surface area (TPSA) is 46.5 Å². The number of hydrogen-bond acceptors (Lipinski definition) is 2. The van der Waals surface area contributed by atoms with Crippen molar-refractivity contribution < 1.29 is 14.6 Å². The Morgan fingerprint density at radius 3 is 2.67 bits per heavy atom. The third kappa shape index (κ3) is 3.64. The zero-order valence-corrected chi connectivity index (χ0v) is 12.5. The molecule has 0 unspecified atom stereocenters. The highest BCUT2D eigenvalue weighted by atomic mass is 35.5. The Hall–Kier alpha value is -2.26. The summed E-state index contributed by atoms with van der Waals surface area (Å²) >= 11 is 6.26. The molecule has 0 atom stereocenters. The van der Waals surface area contributed by atoms with Crippen LogP contribution >= 0.6 is 11.6 Å². The average Bonchev–Trinajstić information content (AvgIpc) is 2.47. The smallest absolute Gasteiger partial charge is 0.328 e. The Kier molecular flexibility index (Phi) is 4.66. The zero-order chi connectivity index (χ0) is 15.4. The maximum absolute atomic E-state index is 10.8. The van der Waals surface area contributed by atoms with Crippen LogP contribution in [0.3, 0.4) is 0 Å². The summed E-state index contributed by atoms with van der Waals surface area (Å²) in [5.41, 5.74) is 3.25. The third-order valence-corrected chi connectivity index (χ3v) is 3.47. The molecule has 0 radical (unpaired) electrons. The van der Waals surface area contributed by atoms with E-state index in [1.165, 1.54) is 6.08 Å². The van der Waals surface area contributed by atoms with E-state index in [4.69, 9.17) is 21.4 Å². The summed E-state index contributed by atoms with van der Waals surface area (Å²) in [4.78, 5) is 10.8. The maximum Gasteiger partial charge on any atom is 0.328 e. The zero-order valence-electron chi connectivity index (χ0n) is 11.8. The summed E-state index contributed by atoms with van der Waals surface area (Å²) in [5, 5.41) is 9.44. The quantitative estimate of drug-likeness (QED) is 0.846. The fraction of sp³-hybridized carbons (Fsp3) is 0.118. The van der Waals surface area contributed by atoms with Crippen LogP contribution in [-0.2, 0) is 4.79 Å². The first kappa shape index (κ1) is 15.1. The van der Waals surface area contributed by atoms with Crippen molar-refractivity contribution in [2.24, 2.45) is 0 Å². The molecular formula is C17H15ClO3. The van der Waals surface area contributed by atoms with Crippen LogP contribution in [0.5, 0.6) is 5.75 Å². The first-order valence-electron chi connectivity index (χ1n) is 6.37. The van der Waals surface area contributed by atoms with Crippen molar-refractivity contribution in [1.29, 1.82) is 0 Å². The largest absolute Gasteiger partial charge is 0.497 e. The second-order valence-corrected chi connectivity index (χ2v) is 5.00. The molecule has 0 aliphatic heterocycles. The van der Waals surface area contributed by atoms with E-state index in [2.05, 4.69) is 0 Å². The number of hydrogen-bond donors (Lipinski definition) is 1. The molecule has 0 amide bonds. The molecule has 0 fully saturated rings. The van der Waals surface area contributed by atoms with Gasteiger partial charge in [0.05, 0.1) is 7.11 Å². The highest BCUT2D eigenvalue weighted by Crippen LogP contribution is 2.32. The Balaban J connectivity index is 2.51. The van der Waals surface area contributed by atoms with Gasteiger partial charge in [0.1, 0.15) is 5.75 Å². The number of allylic oxidation sites excluding steroid dienone is 1. The number of halogens is 1. The summed E-state index contributed by atoms with van der Waals surface area (Å²) in [6.07, 6.45) is 1.18. The lowest BCUT2D eigenvalue weighted by Gasteiger charge is -2.09. The first-order chi connectivity index (χ1) is 10.0. The Labute approximate surface area is 128 Å². The van der Waals surface area contributed by atoms with E-state index >= 15 is 0 Å². The highest BCUT2D eigenvalue weighted by molar-refractivity contribution is 6.33. The van der Waals surface area contributed by atoms with Crippen LogP contribution < -0.4 is 4.74 Å². The predicted molar refractivity (Wildman–Crippen MR) is 84.7 cm³/mol. The van der Waals surface area contributed by atoms with Gasteiger partial charge in [-0.1, -0.05) is 29.8 Å². The summed E-state index contributed by atoms with van der Waals surface area (Å²) in [7, 11) is 1.61. The molecule has 4 heteroatoms. The Morgan fingerprint density at radius 2 is 2.00 bits per heavy atom. The molecule has 3 nitrogen and oxygen atoms in total. The second kappa shape index (κ2) is 6.46. The fourth-order valence-electron chi connectivity index (χ4n) is 2.05. The molecule has 0 spiro atoms. The van der Waals surface area contributed by atoms with Gasteiger partial charge in [-0.2, -0.15) is 0 Å². The van der Waals surface area contributed by atoms with Crippen molar-refractivity contribution >= 4 is 23.1 Å². The lowest BCUT2D eigenvalue weighted by atomic mass is 9.99. The van der Waals surface area contributed by atoms with E-state index in [0.717, 1.165) is 22.4 Å². The number of rotatable bonds is 4. The number of ether oxygens (including phenoxy) is 1. The van der Waals surface area contributed by atoms with E-state index in [-0.39, 0.29) is 0 Å². The van der Waals surface area contributed by atoms with Gasteiger partial charge in [0, 0.05) is 16.7 Å². The molecule has 2 aromatic carbocycles. The Morgan fingerprint density at radius 1 is 1.24 bits per heavy atom. The average molecular weight is 303 g/mol. The van der Waals surface area contributed by atoms with Crippen LogP contribution in [0, 0.1) is 0 Å². The summed E-state index contributed by atoms with van der Waals surface area (Å²) in [5.74, 6) is -0.225. The van der Waals surface area contributed by atoms with Crippen LogP contribution in [0.4, 0.5) is 0 Å². The predicted octanol–water partition coefficient (Wildman–Crippen LogP) is 4.50. The van der Waals surface area contributed by atoms with Gasteiger partial charge >= 0.3 is 5.97 Å². The van der Waals surface area contributed by atoms with Crippen LogP contribution in [0.2, 0.25) is 5.02 Å². The summed E-state index contributed by atoms with van der Waals surface area (Å²) in [6.45, 7) is 1.76. The molecule has 0 heterocycles. The Bertz CT molecular complexity index is 705. The second-order valence-electron chi connectivity index (χ2n) is 4.59. The summed E-state index contributed by atoms with van der Waals surface area (Å²) < 4.78 is 5.21. The fourth-order valence-corrected chi connectivity index (χ4v) is 2.28. The van der Waals surface area contributed by atoms with Gasteiger partial charge in [0.25, 0.3) is 0 Å². The van der Waals surface area contributed by atoms with Crippen molar-refractivity contribution in [3.63, 3.8) is 0 Å². The number of carbonyl (C=O) groups is 1. The standard InChI is InChI=1S/C17H15ClO3/c1-11(8-17(19)20)12-6-7-16(18)15(10-12)13-4-3-5-14(9-13)21-2/h3-10H,1-2H3,(H,19,20)/b11-8+. The van der Waals surface area contributed by atoms with E-state index in [1.54, 1.807) is 26.2 Å². The molecule has 0 aliphatic carbocycles. The van der Waals surface area contributed by atoms with Gasteiger partial charge in [0.15, 0.2) is 0 Å². The van der Waals surface area contributed by atoms with E-state index < -0.39 is 5.97 Å². The molecule has 0 saturated carbocycles.